The lowest BCUT2D eigenvalue weighted by Crippen LogP contribution is -2.53. The van der Waals surface area contributed by atoms with Gasteiger partial charge in [-0.1, -0.05) is 60.8 Å². The number of nitrogens with zero attached hydrogens (tertiary/aromatic N) is 2. The Kier molecular flexibility index (Phi) is 10.7. The molecule has 2 aromatic rings. The van der Waals surface area contributed by atoms with Gasteiger partial charge in [-0.3, -0.25) is 13.9 Å². The Morgan fingerprint density at radius 3 is 2.23 bits per heavy atom. The number of carbonyl (C=O) groups excluding carboxylic acids is 2. The van der Waals surface area contributed by atoms with Gasteiger partial charge < -0.3 is 10.2 Å². The molecule has 0 saturated carbocycles. The lowest BCUT2D eigenvalue weighted by molar-refractivity contribution is -0.140. The summed E-state index contributed by atoms with van der Waals surface area (Å²) < 4.78 is 26.2. The van der Waals surface area contributed by atoms with Crippen LogP contribution in [0.4, 0.5) is 5.69 Å². The van der Waals surface area contributed by atoms with Crippen LogP contribution in [0, 0.1) is 0 Å². The monoisotopic (exact) mass is 561 g/mol. The van der Waals surface area contributed by atoms with Crippen LogP contribution >= 0.6 is 34.8 Å². The Morgan fingerprint density at radius 1 is 1.00 bits per heavy atom. The third-order valence-electron chi connectivity index (χ3n) is 5.50. The smallest absolute Gasteiger partial charge is 0.244 e. The Hall–Kier alpha value is -2.00. The predicted molar refractivity (Wildman–Crippen MR) is 143 cm³/mol. The molecule has 0 bridgehead atoms. The van der Waals surface area contributed by atoms with Gasteiger partial charge in [-0.05, 0) is 55.7 Å². The quantitative estimate of drug-likeness (QED) is 0.411. The first kappa shape index (κ1) is 29.2. The SMILES string of the molecule is CC[C@H](C)NC(=O)[C@H](CC)N(Cc1ccc(Cl)c(Cl)c1)C(=O)CN(c1cccc(Cl)c1)S(C)(=O)=O. The molecule has 0 fully saturated rings. The van der Waals surface area contributed by atoms with Gasteiger partial charge in [0, 0.05) is 17.6 Å². The van der Waals surface area contributed by atoms with Crippen molar-refractivity contribution in [1.29, 1.82) is 0 Å². The maximum absolute atomic E-state index is 13.6. The summed E-state index contributed by atoms with van der Waals surface area (Å²) in [4.78, 5) is 28.1. The number of benzene rings is 2. The first-order valence-electron chi connectivity index (χ1n) is 11.1. The number of rotatable bonds is 11. The van der Waals surface area contributed by atoms with E-state index in [-0.39, 0.29) is 24.2 Å². The zero-order valence-electron chi connectivity index (χ0n) is 20.1. The predicted octanol–water partition coefficient (Wildman–Crippen LogP) is 5.13. The highest BCUT2D eigenvalue weighted by molar-refractivity contribution is 7.92. The summed E-state index contributed by atoms with van der Waals surface area (Å²) in [5.74, 6) is -0.864. The zero-order valence-corrected chi connectivity index (χ0v) is 23.2. The third-order valence-corrected chi connectivity index (χ3v) is 7.61. The molecular formula is C24H30Cl3N3O4S. The van der Waals surface area contributed by atoms with Gasteiger partial charge in [0.2, 0.25) is 21.8 Å². The van der Waals surface area contributed by atoms with Crippen molar-refractivity contribution in [1.82, 2.24) is 10.2 Å². The summed E-state index contributed by atoms with van der Waals surface area (Å²) in [6.07, 6.45) is 2.06. The molecule has 0 unspecified atom stereocenters. The molecule has 0 aliphatic rings. The molecule has 0 aliphatic heterocycles. The number of amides is 2. The Morgan fingerprint density at radius 2 is 1.69 bits per heavy atom. The molecule has 0 saturated heterocycles. The largest absolute Gasteiger partial charge is 0.352 e. The molecule has 0 radical (unpaired) electrons. The molecule has 35 heavy (non-hydrogen) atoms. The molecule has 192 valence electrons. The van der Waals surface area contributed by atoms with Gasteiger partial charge in [0.05, 0.1) is 22.0 Å². The summed E-state index contributed by atoms with van der Waals surface area (Å²) in [6, 6.07) is 10.2. The standard InChI is InChI=1S/C24H30Cl3N3O4S/c1-5-16(3)28-24(32)22(6-2)29(14-17-10-11-20(26)21(27)12-17)23(31)15-30(35(4,33)34)19-9-7-8-18(25)13-19/h7-13,16,22H,5-6,14-15H2,1-4H3,(H,28,32)/t16-,22-/m0/s1. The van der Waals surface area contributed by atoms with E-state index in [0.717, 1.165) is 17.0 Å². The van der Waals surface area contributed by atoms with Crippen molar-refractivity contribution in [2.24, 2.45) is 0 Å². The van der Waals surface area contributed by atoms with E-state index in [9.17, 15) is 18.0 Å². The minimum atomic E-state index is -3.84. The molecule has 0 aromatic heterocycles. The highest BCUT2D eigenvalue weighted by Crippen LogP contribution is 2.25. The van der Waals surface area contributed by atoms with Crippen LogP contribution in [-0.2, 0) is 26.2 Å². The van der Waals surface area contributed by atoms with Gasteiger partial charge in [0.1, 0.15) is 12.6 Å². The topological polar surface area (TPSA) is 86.8 Å². The molecule has 2 rings (SSSR count). The van der Waals surface area contributed by atoms with E-state index in [2.05, 4.69) is 5.32 Å². The molecule has 11 heteroatoms. The Balaban J connectivity index is 2.46. The number of hydrogen-bond donors (Lipinski definition) is 1. The summed E-state index contributed by atoms with van der Waals surface area (Å²) in [6.45, 7) is 5.14. The van der Waals surface area contributed by atoms with Crippen molar-refractivity contribution < 1.29 is 18.0 Å². The van der Waals surface area contributed by atoms with Crippen molar-refractivity contribution in [3.8, 4) is 0 Å². The van der Waals surface area contributed by atoms with E-state index in [1.54, 1.807) is 43.3 Å². The number of sulfonamides is 1. The molecular weight excluding hydrogens is 533 g/mol. The van der Waals surface area contributed by atoms with Crippen molar-refractivity contribution in [2.75, 3.05) is 17.1 Å². The number of nitrogens with one attached hydrogen (secondary N) is 1. The van der Waals surface area contributed by atoms with Crippen LogP contribution in [0.15, 0.2) is 42.5 Å². The molecule has 1 N–H and O–H groups in total. The first-order valence-corrected chi connectivity index (χ1v) is 14.1. The fourth-order valence-corrected chi connectivity index (χ4v) is 4.79. The third kappa shape index (κ3) is 8.27. The fourth-order valence-electron chi connectivity index (χ4n) is 3.44. The first-order chi connectivity index (χ1) is 16.4. The molecule has 2 atom stereocenters. The highest BCUT2D eigenvalue weighted by Gasteiger charge is 2.32. The van der Waals surface area contributed by atoms with Crippen LogP contribution in [0.1, 0.15) is 39.2 Å². The second kappa shape index (κ2) is 12.8. The minimum absolute atomic E-state index is 0.0370. The number of carbonyl (C=O) groups is 2. The van der Waals surface area contributed by atoms with Crippen LogP contribution in [-0.4, -0.2) is 50.0 Å². The summed E-state index contributed by atoms with van der Waals surface area (Å²) >= 11 is 18.3. The summed E-state index contributed by atoms with van der Waals surface area (Å²) in [5.41, 5.74) is 0.899. The number of halogens is 3. The molecule has 0 heterocycles. The lowest BCUT2D eigenvalue weighted by atomic mass is 10.1. The van der Waals surface area contributed by atoms with Crippen molar-refractivity contribution in [3.05, 3.63) is 63.1 Å². The molecule has 2 aromatic carbocycles. The van der Waals surface area contributed by atoms with Gasteiger partial charge in [0.25, 0.3) is 0 Å². The normalized spacial score (nSPS) is 13.1. The van der Waals surface area contributed by atoms with E-state index in [0.29, 0.717) is 27.1 Å². The minimum Gasteiger partial charge on any atom is -0.352 e. The summed E-state index contributed by atoms with van der Waals surface area (Å²) in [7, 11) is -3.84. The van der Waals surface area contributed by atoms with E-state index < -0.39 is 28.5 Å². The van der Waals surface area contributed by atoms with Crippen molar-refractivity contribution in [2.45, 2.75) is 52.2 Å². The Labute approximate surface area is 222 Å². The number of anilines is 1. The van der Waals surface area contributed by atoms with Crippen LogP contribution in [0.3, 0.4) is 0 Å². The van der Waals surface area contributed by atoms with Crippen LogP contribution in [0.5, 0.6) is 0 Å². The summed E-state index contributed by atoms with van der Waals surface area (Å²) in [5, 5.41) is 3.92. The van der Waals surface area contributed by atoms with Gasteiger partial charge in [-0.25, -0.2) is 8.42 Å². The average molecular weight is 563 g/mol. The second-order valence-corrected chi connectivity index (χ2v) is 11.4. The molecule has 7 nitrogen and oxygen atoms in total. The van der Waals surface area contributed by atoms with Crippen LogP contribution < -0.4 is 9.62 Å². The maximum atomic E-state index is 13.6. The molecule has 0 spiro atoms. The van der Waals surface area contributed by atoms with Gasteiger partial charge in [-0.2, -0.15) is 0 Å². The lowest BCUT2D eigenvalue weighted by Gasteiger charge is -2.33. The van der Waals surface area contributed by atoms with E-state index in [1.165, 1.54) is 11.0 Å². The average Bonchev–Trinajstić information content (AvgIpc) is 2.78. The van der Waals surface area contributed by atoms with Gasteiger partial charge >= 0.3 is 0 Å². The highest BCUT2D eigenvalue weighted by atomic mass is 35.5. The van der Waals surface area contributed by atoms with E-state index in [4.69, 9.17) is 34.8 Å². The second-order valence-electron chi connectivity index (χ2n) is 8.26. The maximum Gasteiger partial charge on any atom is 0.244 e. The van der Waals surface area contributed by atoms with Gasteiger partial charge in [-0.15, -0.1) is 0 Å². The Bertz CT molecular complexity index is 1160. The fraction of sp³-hybridized carbons (Fsp3) is 0.417. The molecule has 2 amide bonds. The molecule has 0 aliphatic carbocycles. The zero-order chi connectivity index (χ0) is 26.3. The van der Waals surface area contributed by atoms with Crippen molar-refractivity contribution in [3.63, 3.8) is 0 Å². The van der Waals surface area contributed by atoms with Crippen molar-refractivity contribution >= 4 is 62.3 Å². The van der Waals surface area contributed by atoms with E-state index in [1.807, 2.05) is 13.8 Å². The van der Waals surface area contributed by atoms with Gasteiger partial charge in [0.15, 0.2) is 0 Å². The number of hydrogen-bond acceptors (Lipinski definition) is 4. The van der Waals surface area contributed by atoms with E-state index >= 15 is 0 Å². The van der Waals surface area contributed by atoms with Crippen LogP contribution in [0.2, 0.25) is 15.1 Å². The van der Waals surface area contributed by atoms with Crippen LogP contribution in [0.25, 0.3) is 0 Å².